The van der Waals surface area contributed by atoms with Gasteiger partial charge in [0.2, 0.25) is 0 Å². The molecule has 1 aromatic rings. The van der Waals surface area contributed by atoms with Crippen molar-refractivity contribution >= 4 is 17.3 Å². The summed E-state index contributed by atoms with van der Waals surface area (Å²) < 4.78 is 5.55. The minimum Gasteiger partial charge on any atom is -0.379 e. The highest BCUT2D eigenvalue weighted by molar-refractivity contribution is 7.11. The number of nitrogens with zero attached hydrogens (tertiary/aromatic N) is 1. The number of ether oxygens (including phenoxy) is 1. The van der Waals surface area contributed by atoms with Crippen LogP contribution in [-0.2, 0) is 11.2 Å². The third-order valence-electron chi connectivity index (χ3n) is 2.90. The van der Waals surface area contributed by atoms with Gasteiger partial charge in [-0.1, -0.05) is 13.8 Å². The van der Waals surface area contributed by atoms with Crippen molar-refractivity contribution in [2.75, 3.05) is 26.8 Å². The van der Waals surface area contributed by atoms with Gasteiger partial charge in [-0.3, -0.25) is 4.99 Å². The molecule has 0 saturated heterocycles. The van der Waals surface area contributed by atoms with Gasteiger partial charge in [0.25, 0.3) is 0 Å². The molecule has 0 aliphatic rings. The standard InChI is InChI=1S/C16H29N3OS/c1-12(2)11-20-9-8-18-16(17-5)19-13(3)10-15-7-6-14(4)21-15/h6-7,12-13H,8-11H2,1-5H3,(H2,17,18,19). The molecule has 2 N–H and O–H groups in total. The van der Waals surface area contributed by atoms with Crippen LogP contribution in [0.15, 0.2) is 17.1 Å². The first-order valence-electron chi connectivity index (χ1n) is 7.61. The van der Waals surface area contributed by atoms with E-state index in [4.69, 9.17) is 4.74 Å². The van der Waals surface area contributed by atoms with Crippen LogP contribution in [0.4, 0.5) is 0 Å². The van der Waals surface area contributed by atoms with Gasteiger partial charge in [0, 0.05) is 42.4 Å². The molecule has 120 valence electrons. The molecule has 4 nitrogen and oxygen atoms in total. The van der Waals surface area contributed by atoms with Crippen molar-refractivity contribution in [3.8, 4) is 0 Å². The predicted octanol–water partition coefficient (Wildman–Crippen LogP) is 2.83. The number of hydrogen-bond donors (Lipinski definition) is 2. The quantitative estimate of drug-likeness (QED) is 0.441. The molecule has 1 unspecified atom stereocenters. The summed E-state index contributed by atoms with van der Waals surface area (Å²) in [5, 5.41) is 6.70. The van der Waals surface area contributed by atoms with Crippen molar-refractivity contribution in [2.24, 2.45) is 10.9 Å². The highest BCUT2D eigenvalue weighted by Crippen LogP contribution is 2.16. The van der Waals surface area contributed by atoms with E-state index in [1.165, 1.54) is 9.75 Å². The Bertz CT molecular complexity index is 429. The fraction of sp³-hybridized carbons (Fsp3) is 0.688. The third kappa shape index (κ3) is 8.07. The summed E-state index contributed by atoms with van der Waals surface area (Å²) in [5.41, 5.74) is 0. The average Bonchev–Trinajstić information content (AvgIpc) is 2.81. The highest BCUT2D eigenvalue weighted by Gasteiger charge is 2.07. The van der Waals surface area contributed by atoms with E-state index in [2.05, 4.69) is 55.5 Å². The number of nitrogens with one attached hydrogen (secondary N) is 2. The number of aryl methyl sites for hydroxylation is 1. The Labute approximate surface area is 133 Å². The zero-order valence-electron chi connectivity index (χ0n) is 13.9. The SMILES string of the molecule is CN=C(NCCOCC(C)C)NC(C)Cc1ccc(C)s1. The molecule has 0 fully saturated rings. The highest BCUT2D eigenvalue weighted by atomic mass is 32.1. The largest absolute Gasteiger partial charge is 0.379 e. The summed E-state index contributed by atoms with van der Waals surface area (Å²) in [6.45, 7) is 10.9. The van der Waals surface area contributed by atoms with Crippen LogP contribution < -0.4 is 10.6 Å². The molecule has 0 aliphatic carbocycles. The Kier molecular flexibility index (Phi) is 8.38. The first kappa shape index (κ1) is 18.0. The lowest BCUT2D eigenvalue weighted by Crippen LogP contribution is -2.44. The summed E-state index contributed by atoms with van der Waals surface area (Å²) in [7, 11) is 1.80. The van der Waals surface area contributed by atoms with Gasteiger partial charge in [-0.05, 0) is 31.9 Å². The van der Waals surface area contributed by atoms with Crippen LogP contribution in [0.3, 0.4) is 0 Å². The van der Waals surface area contributed by atoms with Gasteiger partial charge < -0.3 is 15.4 Å². The Balaban J connectivity index is 2.23. The first-order valence-corrected chi connectivity index (χ1v) is 8.43. The molecule has 1 aromatic heterocycles. The Hall–Kier alpha value is -1.07. The number of thiophene rings is 1. The average molecular weight is 311 g/mol. The predicted molar refractivity (Wildman–Crippen MR) is 92.4 cm³/mol. The van der Waals surface area contributed by atoms with Crippen LogP contribution in [-0.4, -0.2) is 38.8 Å². The summed E-state index contributed by atoms with van der Waals surface area (Å²) in [6, 6.07) is 4.73. The van der Waals surface area contributed by atoms with Crippen molar-refractivity contribution in [1.82, 2.24) is 10.6 Å². The smallest absolute Gasteiger partial charge is 0.191 e. The minimum atomic E-state index is 0.353. The van der Waals surface area contributed by atoms with Gasteiger partial charge >= 0.3 is 0 Å². The number of rotatable bonds is 8. The Morgan fingerprint density at radius 3 is 2.67 bits per heavy atom. The van der Waals surface area contributed by atoms with Gasteiger partial charge in [0.1, 0.15) is 0 Å². The van der Waals surface area contributed by atoms with E-state index in [1.54, 1.807) is 7.05 Å². The molecular formula is C16H29N3OS. The fourth-order valence-corrected chi connectivity index (χ4v) is 2.96. The van der Waals surface area contributed by atoms with Crippen molar-refractivity contribution in [2.45, 2.75) is 40.2 Å². The van der Waals surface area contributed by atoms with E-state index >= 15 is 0 Å². The van der Waals surface area contributed by atoms with E-state index in [1.807, 2.05) is 11.3 Å². The van der Waals surface area contributed by atoms with Gasteiger partial charge in [0.15, 0.2) is 5.96 Å². The second-order valence-electron chi connectivity index (χ2n) is 5.73. The number of hydrogen-bond acceptors (Lipinski definition) is 3. The monoisotopic (exact) mass is 311 g/mol. The number of aliphatic imine (C=N–C) groups is 1. The maximum Gasteiger partial charge on any atom is 0.191 e. The van der Waals surface area contributed by atoms with E-state index < -0.39 is 0 Å². The molecular weight excluding hydrogens is 282 g/mol. The van der Waals surface area contributed by atoms with E-state index in [0.717, 1.165) is 25.5 Å². The second kappa shape index (κ2) is 9.79. The molecule has 0 aromatic carbocycles. The topological polar surface area (TPSA) is 45.7 Å². The fourth-order valence-electron chi connectivity index (χ4n) is 1.94. The maximum absolute atomic E-state index is 5.55. The molecule has 21 heavy (non-hydrogen) atoms. The molecule has 0 radical (unpaired) electrons. The zero-order valence-corrected chi connectivity index (χ0v) is 14.7. The molecule has 1 atom stereocenters. The van der Waals surface area contributed by atoms with Gasteiger partial charge in [-0.25, -0.2) is 0 Å². The molecule has 0 saturated carbocycles. The van der Waals surface area contributed by atoms with Gasteiger partial charge in [-0.2, -0.15) is 0 Å². The summed E-state index contributed by atoms with van der Waals surface area (Å²) in [5.74, 6) is 1.42. The summed E-state index contributed by atoms with van der Waals surface area (Å²) in [4.78, 5) is 7.02. The van der Waals surface area contributed by atoms with Crippen LogP contribution >= 0.6 is 11.3 Å². The second-order valence-corrected chi connectivity index (χ2v) is 7.10. The molecule has 0 spiro atoms. The van der Waals surface area contributed by atoms with Crippen LogP contribution in [0.2, 0.25) is 0 Å². The molecule has 1 heterocycles. The Morgan fingerprint density at radius 1 is 1.33 bits per heavy atom. The summed E-state index contributed by atoms with van der Waals surface area (Å²) in [6.07, 6.45) is 1.02. The van der Waals surface area contributed by atoms with Crippen molar-refractivity contribution in [3.63, 3.8) is 0 Å². The molecule has 0 amide bonds. The van der Waals surface area contributed by atoms with E-state index in [0.29, 0.717) is 18.6 Å². The molecule has 1 rings (SSSR count). The number of guanidine groups is 1. The third-order valence-corrected chi connectivity index (χ3v) is 3.92. The van der Waals surface area contributed by atoms with Crippen LogP contribution in [0.1, 0.15) is 30.5 Å². The van der Waals surface area contributed by atoms with E-state index in [-0.39, 0.29) is 0 Å². The van der Waals surface area contributed by atoms with E-state index in [9.17, 15) is 0 Å². The van der Waals surface area contributed by atoms with Crippen molar-refractivity contribution in [1.29, 1.82) is 0 Å². The van der Waals surface area contributed by atoms with Crippen molar-refractivity contribution in [3.05, 3.63) is 21.9 Å². The lowest BCUT2D eigenvalue weighted by atomic mass is 10.2. The zero-order chi connectivity index (χ0) is 15.7. The normalized spacial score (nSPS) is 13.5. The van der Waals surface area contributed by atoms with Crippen LogP contribution in [0, 0.1) is 12.8 Å². The first-order chi connectivity index (χ1) is 10.0. The maximum atomic E-state index is 5.55. The summed E-state index contributed by atoms with van der Waals surface area (Å²) >= 11 is 1.86. The molecule has 0 aliphatic heterocycles. The van der Waals surface area contributed by atoms with Gasteiger partial charge in [0.05, 0.1) is 6.61 Å². The minimum absolute atomic E-state index is 0.353. The van der Waals surface area contributed by atoms with Crippen molar-refractivity contribution < 1.29 is 4.74 Å². The lowest BCUT2D eigenvalue weighted by molar-refractivity contribution is 0.114. The van der Waals surface area contributed by atoms with Gasteiger partial charge in [-0.15, -0.1) is 11.3 Å². The Morgan fingerprint density at radius 2 is 2.10 bits per heavy atom. The molecule has 0 bridgehead atoms. The van der Waals surface area contributed by atoms with Crippen LogP contribution in [0.5, 0.6) is 0 Å². The lowest BCUT2D eigenvalue weighted by Gasteiger charge is -2.17. The van der Waals surface area contributed by atoms with Crippen LogP contribution in [0.25, 0.3) is 0 Å². The molecule has 5 heteroatoms.